The maximum atomic E-state index is 11.9. The minimum absolute atomic E-state index is 0.428. The predicted molar refractivity (Wildman–Crippen MR) is 91.3 cm³/mol. The molecule has 0 fully saturated rings. The van der Waals surface area contributed by atoms with Crippen LogP contribution in [0.15, 0.2) is 36.4 Å². The molecule has 0 saturated carbocycles. The van der Waals surface area contributed by atoms with Crippen molar-refractivity contribution in [3.05, 3.63) is 36.4 Å². The number of nitrogens with one attached hydrogen (secondary N) is 2. The Morgan fingerprint density at radius 1 is 1.23 bits per heavy atom. The summed E-state index contributed by atoms with van der Waals surface area (Å²) in [5, 5.41) is 6.26. The van der Waals surface area contributed by atoms with E-state index in [2.05, 4.69) is 22.8 Å². The van der Waals surface area contributed by atoms with Crippen molar-refractivity contribution in [1.82, 2.24) is 0 Å². The van der Waals surface area contributed by atoms with Crippen LogP contribution in [-0.4, -0.2) is 18.2 Å². The first kappa shape index (κ1) is 16.4. The number of anilines is 2. The van der Waals surface area contributed by atoms with Crippen LogP contribution in [0, 0.1) is 5.92 Å². The average molecular weight is 302 g/mol. The van der Waals surface area contributed by atoms with Gasteiger partial charge in [0, 0.05) is 6.54 Å². The van der Waals surface area contributed by atoms with Gasteiger partial charge in [0.2, 0.25) is 0 Å². The van der Waals surface area contributed by atoms with Gasteiger partial charge in [0.25, 0.3) is 0 Å². The largest absolute Gasteiger partial charge is 0.444 e. The summed E-state index contributed by atoms with van der Waals surface area (Å²) in [4.78, 5) is 11.9. The molecule has 2 rings (SSSR count). The minimum atomic E-state index is -0.499. The number of hydrogen-bond acceptors (Lipinski definition) is 3. The fourth-order valence-corrected chi connectivity index (χ4v) is 2.46. The highest BCUT2D eigenvalue weighted by Gasteiger charge is 2.17. The molecule has 0 saturated heterocycles. The molecular weight excluding hydrogens is 276 g/mol. The highest BCUT2D eigenvalue weighted by Crippen LogP contribution is 2.24. The first-order chi connectivity index (χ1) is 10.4. The molecule has 4 nitrogen and oxygen atoms in total. The zero-order valence-electron chi connectivity index (χ0n) is 13.7. The van der Waals surface area contributed by atoms with Crippen molar-refractivity contribution in [2.45, 2.75) is 45.6 Å². The summed E-state index contributed by atoms with van der Waals surface area (Å²) in [5.41, 5.74) is 1.19. The Morgan fingerprint density at radius 3 is 2.59 bits per heavy atom. The van der Waals surface area contributed by atoms with Crippen molar-refractivity contribution < 1.29 is 9.53 Å². The van der Waals surface area contributed by atoms with Gasteiger partial charge in [-0.2, -0.15) is 0 Å². The van der Waals surface area contributed by atoms with E-state index in [1.165, 1.54) is 6.42 Å². The number of rotatable bonds is 4. The molecule has 0 heterocycles. The number of carbonyl (C=O) groups is 1. The van der Waals surface area contributed by atoms with E-state index < -0.39 is 11.7 Å². The van der Waals surface area contributed by atoms with Crippen LogP contribution in [0.1, 0.15) is 40.0 Å². The standard InChI is InChI=1S/C18H26N2O2/c1-18(2,3)22-17(21)20-16-12-8-7-11-15(16)19-13-14-9-5-4-6-10-14/h4-5,7-8,11-12,14,19H,6,9-10,13H2,1-3H3,(H,20,21). The molecule has 1 amide bonds. The van der Waals surface area contributed by atoms with Gasteiger partial charge in [0.05, 0.1) is 11.4 Å². The molecule has 2 N–H and O–H groups in total. The van der Waals surface area contributed by atoms with Crippen LogP contribution in [0.25, 0.3) is 0 Å². The van der Waals surface area contributed by atoms with E-state index in [4.69, 9.17) is 4.74 Å². The molecule has 1 aromatic rings. The summed E-state index contributed by atoms with van der Waals surface area (Å²) in [5.74, 6) is 0.652. The molecule has 1 aliphatic rings. The molecular formula is C18H26N2O2. The summed E-state index contributed by atoms with van der Waals surface area (Å²) in [6.45, 7) is 6.48. The van der Waals surface area contributed by atoms with Crippen LogP contribution in [0.3, 0.4) is 0 Å². The first-order valence-corrected chi connectivity index (χ1v) is 7.92. The summed E-state index contributed by atoms with van der Waals surface area (Å²) in [6, 6.07) is 7.73. The SMILES string of the molecule is CC(C)(C)OC(=O)Nc1ccccc1NCC1CC=CCC1. The third-order valence-electron chi connectivity index (χ3n) is 3.52. The van der Waals surface area contributed by atoms with Crippen LogP contribution in [0.2, 0.25) is 0 Å². The Kier molecular flexibility index (Phi) is 5.47. The van der Waals surface area contributed by atoms with Gasteiger partial charge >= 0.3 is 6.09 Å². The van der Waals surface area contributed by atoms with Crippen molar-refractivity contribution in [3.8, 4) is 0 Å². The number of amides is 1. The molecule has 0 bridgehead atoms. The zero-order chi connectivity index (χ0) is 16.0. The van der Waals surface area contributed by atoms with Gasteiger partial charge in [0.15, 0.2) is 0 Å². The number of allylic oxidation sites excluding steroid dienone is 2. The smallest absolute Gasteiger partial charge is 0.412 e. The lowest BCUT2D eigenvalue weighted by atomic mass is 9.94. The first-order valence-electron chi connectivity index (χ1n) is 7.92. The molecule has 1 aliphatic carbocycles. The van der Waals surface area contributed by atoms with Crippen LogP contribution in [0.5, 0.6) is 0 Å². The van der Waals surface area contributed by atoms with Gasteiger partial charge in [0.1, 0.15) is 5.60 Å². The summed E-state index contributed by atoms with van der Waals surface area (Å²) in [6.07, 6.45) is 7.56. The highest BCUT2D eigenvalue weighted by molar-refractivity contribution is 5.89. The molecule has 1 atom stereocenters. The Morgan fingerprint density at radius 2 is 1.95 bits per heavy atom. The van der Waals surface area contributed by atoms with Crippen molar-refractivity contribution in [2.24, 2.45) is 5.92 Å². The number of para-hydroxylation sites is 2. The van der Waals surface area contributed by atoms with Gasteiger partial charge in [-0.05, 0) is 58.1 Å². The predicted octanol–water partition coefficient (Wildman–Crippen LogP) is 4.80. The molecule has 22 heavy (non-hydrogen) atoms. The number of carbonyl (C=O) groups excluding carboxylic acids is 1. The van der Waals surface area contributed by atoms with E-state index in [-0.39, 0.29) is 0 Å². The molecule has 0 spiro atoms. The van der Waals surface area contributed by atoms with E-state index >= 15 is 0 Å². The number of benzene rings is 1. The van der Waals surface area contributed by atoms with Crippen LogP contribution < -0.4 is 10.6 Å². The van der Waals surface area contributed by atoms with Crippen LogP contribution >= 0.6 is 0 Å². The average Bonchev–Trinajstić information content (AvgIpc) is 2.45. The number of ether oxygens (including phenoxy) is 1. The van der Waals surface area contributed by atoms with Crippen molar-refractivity contribution in [3.63, 3.8) is 0 Å². The summed E-state index contributed by atoms with van der Waals surface area (Å²) >= 11 is 0. The van der Waals surface area contributed by atoms with Gasteiger partial charge in [-0.25, -0.2) is 4.79 Å². The highest BCUT2D eigenvalue weighted by atomic mass is 16.6. The van der Waals surface area contributed by atoms with Crippen LogP contribution in [0.4, 0.5) is 16.2 Å². The summed E-state index contributed by atoms with van der Waals surface area (Å²) < 4.78 is 5.30. The molecule has 120 valence electrons. The van der Waals surface area contributed by atoms with E-state index in [1.54, 1.807) is 0 Å². The fourth-order valence-electron chi connectivity index (χ4n) is 2.46. The lowest BCUT2D eigenvalue weighted by Crippen LogP contribution is -2.27. The lowest BCUT2D eigenvalue weighted by molar-refractivity contribution is 0.0636. The van der Waals surface area contributed by atoms with E-state index in [9.17, 15) is 4.79 Å². The quantitative estimate of drug-likeness (QED) is 0.785. The van der Waals surface area contributed by atoms with E-state index in [0.29, 0.717) is 5.92 Å². The van der Waals surface area contributed by atoms with Gasteiger partial charge in [-0.1, -0.05) is 24.3 Å². The van der Waals surface area contributed by atoms with Crippen molar-refractivity contribution >= 4 is 17.5 Å². The Balaban J connectivity index is 1.94. The number of hydrogen-bond donors (Lipinski definition) is 2. The van der Waals surface area contributed by atoms with E-state index in [0.717, 1.165) is 30.8 Å². The van der Waals surface area contributed by atoms with Gasteiger partial charge in [-0.15, -0.1) is 0 Å². The van der Waals surface area contributed by atoms with Crippen molar-refractivity contribution in [1.29, 1.82) is 0 Å². The van der Waals surface area contributed by atoms with Gasteiger partial charge < -0.3 is 10.1 Å². The third kappa shape index (κ3) is 5.43. The molecule has 4 heteroatoms. The van der Waals surface area contributed by atoms with Crippen LogP contribution in [-0.2, 0) is 4.74 Å². The lowest BCUT2D eigenvalue weighted by Gasteiger charge is -2.22. The Bertz CT molecular complexity index is 532. The topological polar surface area (TPSA) is 50.4 Å². The fraction of sp³-hybridized carbons (Fsp3) is 0.500. The normalized spacial score (nSPS) is 17.9. The zero-order valence-corrected chi connectivity index (χ0v) is 13.7. The maximum Gasteiger partial charge on any atom is 0.412 e. The second-order valence-corrected chi connectivity index (χ2v) is 6.70. The summed E-state index contributed by atoms with van der Waals surface area (Å²) in [7, 11) is 0. The second kappa shape index (κ2) is 7.34. The molecule has 0 aliphatic heterocycles. The molecule has 0 aromatic heterocycles. The third-order valence-corrected chi connectivity index (χ3v) is 3.52. The second-order valence-electron chi connectivity index (χ2n) is 6.70. The Labute approximate surface area is 132 Å². The Hall–Kier alpha value is -1.97. The maximum absolute atomic E-state index is 11.9. The molecule has 1 unspecified atom stereocenters. The molecule has 0 radical (unpaired) electrons. The van der Waals surface area contributed by atoms with Gasteiger partial charge in [-0.3, -0.25) is 5.32 Å². The van der Waals surface area contributed by atoms with E-state index in [1.807, 2.05) is 45.0 Å². The molecule has 1 aromatic carbocycles. The van der Waals surface area contributed by atoms with Crippen molar-refractivity contribution in [2.75, 3.05) is 17.2 Å². The minimum Gasteiger partial charge on any atom is -0.444 e. The monoisotopic (exact) mass is 302 g/mol.